The molecule has 2 aromatic carbocycles. The highest BCUT2D eigenvalue weighted by Gasteiger charge is 2.22. The first-order valence-electron chi connectivity index (χ1n) is 7.18. The van der Waals surface area contributed by atoms with Gasteiger partial charge in [-0.2, -0.15) is 0 Å². The zero-order valence-corrected chi connectivity index (χ0v) is 13.9. The fraction of sp³-hybridized carbons (Fsp3) is 0.294. The van der Waals surface area contributed by atoms with Crippen LogP contribution in [0.4, 0.5) is 0 Å². The van der Waals surface area contributed by atoms with Gasteiger partial charge in [-0.1, -0.05) is 56.3 Å². The van der Waals surface area contributed by atoms with Gasteiger partial charge in [-0.25, -0.2) is 8.42 Å². The van der Waals surface area contributed by atoms with Crippen LogP contribution in [0.1, 0.15) is 25.0 Å². The molecule has 0 saturated carbocycles. The molecule has 0 radical (unpaired) electrons. The lowest BCUT2D eigenvalue weighted by Gasteiger charge is -2.26. The van der Waals surface area contributed by atoms with Crippen molar-refractivity contribution in [3.8, 4) is 5.75 Å². The van der Waals surface area contributed by atoms with Crippen LogP contribution in [0.25, 0.3) is 0 Å². The van der Waals surface area contributed by atoms with Gasteiger partial charge in [-0.15, -0.1) is 0 Å². The summed E-state index contributed by atoms with van der Waals surface area (Å²) in [5.41, 5.74) is 2.21. The van der Waals surface area contributed by atoms with E-state index in [-0.39, 0.29) is 18.6 Å². The van der Waals surface area contributed by atoms with Crippen LogP contribution < -0.4 is 4.74 Å². The highest BCUT2D eigenvalue weighted by atomic mass is 32.3. The topological polar surface area (TPSA) is 75.7 Å². The quantitative estimate of drug-likeness (QED) is 0.442. The van der Waals surface area contributed by atoms with Gasteiger partial charge in [0, 0.05) is 5.41 Å². The molecule has 0 saturated heterocycles. The summed E-state index contributed by atoms with van der Waals surface area (Å²) in [6.07, 6.45) is 0. The second-order valence-corrected chi connectivity index (χ2v) is 6.65. The minimum atomic E-state index is -4.67. The molecule has 0 unspecified atom stereocenters. The second kappa shape index (κ2) is 7.12. The summed E-state index contributed by atoms with van der Waals surface area (Å²) in [5.74, 6) is 0.588. The maximum Gasteiger partial charge on any atom is 0.217 e. The maximum atomic E-state index is 10.3. The molecule has 6 heteroatoms. The predicted molar refractivity (Wildman–Crippen MR) is 86.2 cm³/mol. The molecule has 23 heavy (non-hydrogen) atoms. The van der Waals surface area contributed by atoms with Crippen molar-refractivity contribution >= 4 is 10.4 Å². The Morgan fingerprint density at radius 3 is 2.04 bits per heavy atom. The predicted octanol–water partition coefficient (Wildman–Crippen LogP) is 2.87. The lowest BCUT2D eigenvalue weighted by molar-refractivity contribution is 0.199. The van der Waals surface area contributed by atoms with Crippen molar-refractivity contribution in [2.45, 2.75) is 19.3 Å². The Morgan fingerprint density at radius 1 is 0.913 bits per heavy atom. The summed E-state index contributed by atoms with van der Waals surface area (Å²) in [5, 5.41) is 0. The van der Waals surface area contributed by atoms with Gasteiger partial charge in [0.1, 0.15) is 12.4 Å². The minimum absolute atomic E-state index is 0.0110. The molecule has 5 nitrogen and oxygen atoms in total. The van der Waals surface area contributed by atoms with E-state index in [1.807, 2.05) is 42.5 Å². The number of rotatable bonds is 7. The Hall–Kier alpha value is -1.89. The fourth-order valence-electron chi connectivity index (χ4n) is 2.28. The Balaban J connectivity index is 1.99. The molecular weight excluding hydrogens is 316 g/mol. The normalized spacial score (nSPS) is 12.1. The van der Waals surface area contributed by atoms with Crippen LogP contribution in [0.5, 0.6) is 5.75 Å². The summed E-state index contributed by atoms with van der Waals surface area (Å²) in [7, 11) is -4.67. The average molecular weight is 335 g/mol. The first-order chi connectivity index (χ1) is 10.8. The SMILES string of the molecule is CC(C)(c1ccccc1)c1ccc(OCCOS(=O)(=O)[O-])cc1. The van der Waals surface area contributed by atoms with E-state index in [9.17, 15) is 13.0 Å². The van der Waals surface area contributed by atoms with Crippen LogP contribution in [-0.4, -0.2) is 26.2 Å². The summed E-state index contributed by atoms with van der Waals surface area (Å²) in [6, 6.07) is 17.7. The van der Waals surface area contributed by atoms with Gasteiger partial charge in [-0.05, 0) is 23.3 Å². The van der Waals surface area contributed by atoms with E-state index in [0.29, 0.717) is 5.75 Å². The highest BCUT2D eigenvalue weighted by Crippen LogP contribution is 2.32. The zero-order valence-electron chi connectivity index (χ0n) is 13.1. The third-order valence-electron chi connectivity index (χ3n) is 3.65. The van der Waals surface area contributed by atoms with Crippen LogP contribution in [0.15, 0.2) is 54.6 Å². The standard InChI is InChI=1S/C17H20O5S/c1-17(2,14-6-4-3-5-7-14)15-8-10-16(11-9-15)21-12-13-22-23(18,19)20/h3-11H,12-13H2,1-2H3,(H,18,19,20)/p-1. The first-order valence-corrected chi connectivity index (χ1v) is 8.51. The van der Waals surface area contributed by atoms with Crippen LogP contribution in [0.2, 0.25) is 0 Å². The third-order valence-corrected chi connectivity index (χ3v) is 4.11. The van der Waals surface area contributed by atoms with Gasteiger partial charge in [0.05, 0.1) is 6.61 Å². The van der Waals surface area contributed by atoms with Crippen LogP contribution in [0.3, 0.4) is 0 Å². The number of ether oxygens (including phenoxy) is 1. The van der Waals surface area contributed by atoms with Crippen LogP contribution in [0, 0.1) is 0 Å². The molecule has 2 aromatic rings. The molecule has 124 valence electrons. The molecule has 0 bridgehead atoms. The van der Waals surface area contributed by atoms with Crippen LogP contribution >= 0.6 is 0 Å². The zero-order chi connectivity index (χ0) is 16.9. The van der Waals surface area contributed by atoms with Crippen molar-refractivity contribution in [2.75, 3.05) is 13.2 Å². The van der Waals surface area contributed by atoms with Crippen molar-refractivity contribution in [3.63, 3.8) is 0 Å². The Bertz CT molecular complexity index is 721. The Labute approximate surface area is 136 Å². The molecule has 0 N–H and O–H groups in total. The maximum absolute atomic E-state index is 10.3. The number of benzene rings is 2. The Kier molecular flexibility index (Phi) is 5.41. The van der Waals surface area contributed by atoms with Gasteiger partial charge >= 0.3 is 0 Å². The van der Waals surface area contributed by atoms with E-state index in [2.05, 4.69) is 30.2 Å². The Morgan fingerprint density at radius 2 is 1.48 bits per heavy atom. The molecule has 0 atom stereocenters. The van der Waals surface area contributed by atoms with E-state index < -0.39 is 10.4 Å². The van der Waals surface area contributed by atoms with E-state index in [1.165, 1.54) is 5.56 Å². The molecular formula is C17H19O5S-. The molecule has 0 heterocycles. The van der Waals surface area contributed by atoms with Gasteiger partial charge < -0.3 is 9.29 Å². The molecule has 0 fully saturated rings. The summed E-state index contributed by atoms with van der Waals surface area (Å²) in [6.45, 7) is 3.97. The third kappa shape index (κ3) is 5.06. The minimum Gasteiger partial charge on any atom is -0.726 e. The van der Waals surface area contributed by atoms with Gasteiger partial charge in [-0.3, -0.25) is 4.18 Å². The van der Waals surface area contributed by atoms with E-state index >= 15 is 0 Å². The highest BCUT2D eigenvalue weighted by molar-refractivity contribution is 7.80. The molecule has 0 aliphatic heterocycles. The van der Waals surface area contributed by atoms with Crippen molar-refractivity contribution < 1.29 is 21.9 Å². The van der Waals surface area contributed by atoms with Crippen molar-refractivity contribution in [3.05, 3.63) is 65.7 Å². The molecule has 0 aromatic heterocycles. The van der Waals surface area contributed by atoms with E-state index in [4.69, 9.17) is 4.74 Å². The van der Waals surface area contributed by atoms with E-state index in [0.717, 1.165) is 5.56 Å². The summed E-state index contributed by atoms with van der Waals surface area (Å²) in [4.78, 5) is 0. The van der Waals surface area contributed by atoms with Gasteiger partial charge in [0.15, 0.2) is 0 Å². The monoisotopic (exact) mass is 335 g/mol. The number of hydrogen-bond acceptors (Lipinski definition) is 5. The summed E-state index contributed by atoms with van der Waals surface area (Å²) >= 11 is 0. The van der Waals surface area contributed by atoms with Crippen molar-refractivity contribution in [1.29, 1.82) is 0 Å². The van der Waals surface area contributed by atoms with Crippen LogP contribution in [-0.2, 0) is 20.0 Å². The van der Waals surface area contributed by atoms with Crippen molar-refractivity contribution in [2.24, 2.45) is 0 Å². The average Bonchev–Trinajstić information content (AvgIpc) is 2.52. The molecule has 0 amide bonds. The molecule has 0 spiro atoms. The van der Waals surface area contributed by atoms with E-state index in [1.54, 1.807) is 0 Å². The molecule has 2 rings (SSSR count). The smallest absolute Gasteiger partial charge is 0.217 e. The van der Waals surface area contributed by atoms with Crippen molar-refractivity contribution in [1.82, 2.24) is 0 Å². The second-order valence-electron chi connectivity index (χ2n) is 5.59. The molecule has 0 aliphatic rings. The van der Waals surface area contributed by atoms with Gasteiger partial charge in [0.25, 0.3) is 0 Å². The lowest BCUT2D eigenvalue weighted by Crippen LogP contribution is -2.18. The van der Waals surface area contributed by atoms with Gasteiger partial charge in [0.2, 0.25) is 10.4 Å². The number of hydrogen-bond donors (Lipinski definition) is 0. The molecule has 0 aliphatic carbocycles. The largest absolute Gasteiger partial charge is 0.726 e. The summed E-state index contributed by atoms with van der Waals surface area (Å²) < 4.78 is 40.3. The lowest BCUT2D eigenvalue weighted by atomic mass is 9.78. The fourth-order valence-corrected chi connectivity index (χ4v) is 2.56. The first kappa shape index (κ1) is 17.5.